The Morgan fingerprint density at radius 3 is 2.30 bits per heavy atom. The van der Waals surface area contributed by atoms with Crippen LogP contribution in [0.1, 0.15) is 35.2 Å². The molecule has 3 rings (SSSR count). The molecule has 0 saturated heterocycles. The number of carbonyl (C=O) groups excluding carboxylic acids is 1. The van der Waals surface area contributed by atoms with Crippen molar-refractivity contribution < 1.29 is 9.53 Å². The van der Waals surface area contributed by atoms with Crippen LogP contribution in [-0.2, 0) is 6.42 Å². The average Bonchev–Trinajstić information content (AvgIpc) is 2.72. The average molecular weight is 359 g/mol. The van der Waals surface area contributed by atoms with E-state index in [0.717, 1.165) is 42.7 Å². The quantitative estimate of drug-likeness (QED) is 0.531. The third kappa shape index (κ3) is 5.71. The lowest BCUT2D eigenvalue weighted by molar-refractivity contribution is 0.100. The van der Waals surface area contributed by atoms with Crippen LogP contribution in [-0.4, -0.2) is 12.5 Å². The Kier molecular flexibility index (Phi) is 6.64. The molecule has 27 heavy (non-hydrogen) atoms. The van der Waals surface area contributed by atoms with Crippen LogP contribution < -0.4 is 10.5 Å². The molecule has 0 aliphatic heterocycles. The number of amides is 1. The van der Waals surface area contributed by atoms with E-state index in [1.165, 1.54) is 12.0 Å². The summed E-state index contributed by atoms with van der Waals surface area (Å²) in [5, 5.41) is 0. The zero-order valence-corrected chi connectivity index (χ0v) is 15.4. The van der Waals surface area contributed by atoms with Crippen LogP contribution in [0.25, 0.3) is 11.1 Å². The summed E-state index contributed by atoms with van der Waals surface area (Å²) >= 11 is 0. The molecule has 0 aromatic heterocycles. The molecule has 2 N–H and O–H groups in total. The first-order valence-electron chi connectivity index (χ1n) is 9.39. The number of aryl methyl sites for hydroxylation is 1. The number of ether oxygens (including phenoxy) is 1. The van der Waals surface area contributed by atoms with Gasteiger partial charge in [0.15, 0.2) is 0 Å². The van der Waals surface area contributed by atoms with Crippen LogP contribution in [0.4, 0.5) is 0 Å². The second-order valence-corrected chi connectivity index (χ2v) is 6.61. The van der Waals surface area contributed by atoms with Crippen molar-refractivity contribution in [1.29, 1.82) is 0 Å². The van der Waals surface area contributed by atoms with Crippen LogP contribution in [0.15, 0.2) is 78.9 Å². The van der Waals surface area contributed by atoms with E-state index in [1.54, 1.807) is 6.07 Å². The first-order chi connectivity index (χ1) is 13.2. The van der Waals surface area contributed by atoms with Crippen LogP contribution >= 0.6 is 0 Å². The zero-order chi connectivity index (χ0) is 18.9. The summed E-state index contributed by atoms with van der Waals surface area (Å²) in [6.45, 7) is 0.727. The minimum atomic E-state index is -0.413. The largest absolute Gasteiger partial charge is 0.494 e. The van der Waals surface area contributed by atoms with E-state index in [9.17, 15) is 4.79 Å². The molecule has 0 aliphatic rings. The first kappa shape index (κ1) is 18.7. The van der Waals surface area contributed by atoms with Gasteiger partial charge in [0.25, 0.3) is 0 Å². The molecule has 0 atom stereocenters. The lowest BCUT2D eigenvalue weighted by Gasteiger charge is -2.08. The van der Waals surface area contributed by atoms with Crippen LogP contribution in [0, 0.1) is 0 Å². The minimum Gasteiger partial charge on any atom is -0.494 e. The number of carbonyl (C=O) groups is 1. The number of hydrogen-bond acceptors (Lipinski definition) is 2. The van der Waals surface area contributed by atoms with E-state index >= 15 is 0 Å². The fourth-order valence-electron chi connectivity index (χ4n) is 3.04. The van der Waals surface area contributed by atoms with E-state index in [2.05, 4.69) is 30.3 Å². The van der Waals surface area contributed by atoms with Crippen LogP contribution in [0.2, 0.25) is 0 Å². The number of hydrogen-bond donors (Lipinski definition) is 1. The number of primary amides is 1. The third-order valence-corrected chi connectivity index (χ3v) is 4.56. The van der Waals surface area contributed by atoms with Gasteiger partial charge in [0.1, 0.15) is 5.75 Å². The van der Waals surface area contributed by atoms with Crippen molar-refractivity contribution in [3.8, 4) is 16.9 Å². The molecule has 0 bridgehead atoms. The Labute approximate surface area is 160 Å². The van der Waals surface area contributed by atoms with Gasteiger partial charge in [-0.3, -0.25) is 4.79 Å². The Morgan fingerprint density at radius 1 is 0.778 bits per heavy atom. The molecule has 3 aromatic rings. The summed E-state index contributed by atoms with van der Waals surface area (Å²) in [4.78, 5) is 11.3. The standard InChI is InChI=1S/C24H25NO2/c25-24(26)22-12-7-11-21(18-22)20-13-15-23(16-14-20)27-17-6-2-5-10-19-8-3-1-4-9-19/h1,3-4,7-9,11-16,18H,2,5-6,10,17H2,(H2,25,26). The summed E-state index contributed by atoms with van der Waals surface area (Å²) in [5.74, 6) is 0.455. The molecule has 3 nitrogen and oxygen atoms in total. The van der Waals surface area contributed by atoms with Crippen molar-refractivity contribution in [2.45, 2.75) is 25.7 Å². The number of nitrogens with two attached hydrogens (primary N) is 1. The zero-order valence-electron chi connectivity index (χ0n) is 15.4. The van der Waals surface area contributed by atoms with Crippen molar-refractivity contribution in [2.24, 2.45) is 5.73 Å². The second kappa shape index (κ2) is 9.58. The highest BCUT2D eigenvalue weighted by Crippen LogP contribution is 2.23. The van der Waals surface area contributed by atoms with Gasteiger partial charge in [-0.15, -0.1) is 0 Å². The number of rotatable bonds is 9. The molecule has 0 aliphatic carbocycles. The Bertz CT molecular complexity index is 857. The summed E-state index contributed by atoms with van der Waals surface area (Å²) in [6, 6.07) is 25.9. The summed E-state index contributed by atoms with van der Waals surface area (Å²) in [6.07, 6.45) is 4.52. The highest BCUT2D eigenvalue weighted by molar-refractivity contribution is 5.94. The first-order valence-corrected chi connectivity index (χ1v) is 9.39. The normalized spacial score (nSPS) is 10.5. The topological polar surface area (TPSA) is 52.3 Å². The third-order valence-electron chi connectivity index (χ3n) is 4.56. The molecule has 1 amide bonds. The molecular formula is C24H25NO2. The van der Waals surface area contributed by atoms with E-state index in [-0.39, 0.29) is 0 Å². The van der Waals surface area contributed by atoms with Crippen molar-refractivity contribution in [1.82, 2.24) is 0 Å². The maximum absolute atomic E-state index is 11.3. The Morgan fingerprint density at radius 2 is 1.56 bits per heavy atom. The van der Waals surface area contributed by atoms with Crippen LogP contribution in [0.5, 0.6) is 5.75 Å². The van der Waals surface area contributed by atoms with Crippen LogP contribution in [0.3, 0.4) is 0 Å². The molecule has 3 aromatic carbocycles. The molecule has 0 heterocycles. The summed E-state index contributed by atoms with van der Waals surface area (Å²) < 4.78 is 5.84. The van der Waals surface area contributed by atoms with Gasteiger partial charge in [-0.1, -0.05) is 54.6 Å². The van der Waals surface area contributed by atoms with E-state index in [4.69, 9.17) is 10.5 Å². The van der Waals surface area contributed by atoms with Gasteiger partial charge < -0.3 is 10.5 Å². The summed E-state index contributed by atoms with van der Waals surface area (Å²) in [7, 11) is 0. The Hall–Kier alpha value is -3.07. The molecule has 0 unspecified atom stereocenters. The highest BCUT2D eigenvalue weighted by Gasteiger charge is 2.04. The maximum Gasteiger partial charge on any atom is 0.248 e. The van der Waals surface area contributed by atoms with Gasteiger partial charge >= 0.3 is 0 Å². The monoisotopic (exact) mass is 359 g/mol. The fourth-order valence-corrected chi connectivity index (χ4v) is 3.04. The van der Waals surface area contributed by atoms with Crippen molar-refractivity contribution in [2.75, 3.05) is 6.61 Å². The van der Waals surface area contributed by atoms with Gasteiger partial charge in [-0.25, -0.2) is 0 Å². The predicted octanol–water partition coefficient (Wildman–Crippen LogP) is 5.24. The smallest absolute Gasteiger partial charge is 0.248 e. The Balaban J connectivity index is 1.43. The minimum absolute atomic E-state index is 0.413. The predicted molar refractivity (Wildman–Crippen MR) is 110 cm³/mol. The van der Waals surface area contributed by atoms with Crippen molar-refractivity contribution in [3.05, 3.63) is 90.0 Å². The molecular weight excluding hydrogens is 334 g/mol. The van der Waals surface area contributed by atoms with Crippen molar-refractivity contribution >= 4 is 5.91 Å². The van der Waals surface area contributed by atoms with E-state index in [1.807, 2.05) is 42.5 Å². The molecule has 138 valence electrons. The summed E-state index contributed by atoms with van der Waals surface area (Å²) in [5.41, 5.74) is 9.27. The number of unbranched alkanes of at least 4 members (excludes halogenated alkanes) is 2. The maximum atomic E-state index is 11.3. The lowest BCUT2D eigenvalue weighted by Crippen LogP contribution is -2.10. The van der Waals surface area contributed by atoms with E-state index < -0.39 is 5.91 Å². The van der Waals surface area contributed by atoms with Crippen molar-refractivity contribution in [3.63, 3.8) is 0 Å². The van der Waals surface area contributed by atoms with Gasteiger partial charge in [0.05, 0.1) is 6.61 Å². The van der Waals surface area contributed by atoms with E-state index in [0.29, 0.717) is 5.56 Å². The van der Waals surface area contributed by atoms with Gasteiger partial charge in [0, 0.05) is 5.56 Å². The second-order valence-electron chi connectivity index (χ2n) is 6.61. The molecule has 0 saturated carbocycles. The van der Waals surface area contributed by atoms with Gasteiger partial charge in [0.2, 0.25) is 5.91 Å². The molecule has 3 heteroatoms. The van der Waals surface area contributed by atoms with Gasteiger partial charge in [-0.05, 0) is 66.6 Å². The molecule has 0 fully saturated rings. The SMILES string of the molecule is NC(=O)c1cccc(-c2ccc(OCCCCCc3ccccc3)cc2)c1. The fraction of sp³-hybridized carbons (Fsp3) is 0.208. The van der Waals surface area contributed by atoms with Gasteiger partial charge in [-0.2, -0.15) is 0 Å². The molecule has 0 radical (unpaired) electrons. The number of benzene rings is 3. The highest BCUT2D eigenvalue weighted by atomic mass is 16.5. The lowest BCUT2D eigenvalue weighted by atomic mass is 10.0. The molecule has 0 spiro atoms.